The Morgan fingerprint density at radius 1 is 1.35 bits per heavy atom. The van der Waals surface area contributed by atoms with E-state index in [1.54, 1.807) is 11.8 Å². The van der Waals surface area contributed by atoms with Crippen LogP contribution in [0.1, 0.15) is 24.8 Å². The maximum Gasteiger partial charge on any atom is 0.174 e. The lowest BCUT2D eigenvalue weighted by Crippen LogP contribution is -2.13. The van der Waals surface area contributed by atoms with Crippen LogP contribution in [0.4, 0.5) is 0 Å². The van der Waals surface area contributed by atoms with E-state index in [9.17, 15) is 0 Å². The third-order valence-corrected chi connectivity index (χ3v) is 3.56. The first-order valence-corrected chi connectivity index (χ1v) is 7.97. The van der Waals surface area contributed by atoms with E-state index in [0.29, 0.717) is 6.61 Å². The molecule has 0 aliphatic rings. The summed E-state index contributed by atoms with van der Waals surface area (Å²) in [7, 11) is 0. The molecule has 0 unspecified atom stereocenters. The Kier molecular flexibility index (Phi) is 5.95. The molecule has 4 nitrogen and oxygen atoms in total. The number of hydrogen-bond donors (Lipinski definition) is 1. The van der Waals surface area contributed by atoms with Crippen LogP contribution in [0, 0.1) is 0 Å². The number of thioether (sulfide) groups is 1. The largest absolute Gasteiger partial charge is 0.484 e. The maximum atomic E-state index is 5.78. The normalized spacial score (nSPS) is 10.7. The fourth-order valence-electron chi connectivity index (χ4n) is 1.79. The number of rotatable bonds is 8. The van der Waals surface area contributed by atoms with Gasteiger partial charge in [0.2, 0.25) is 0 Å². The molecule has 1 aromatic carbocycles. The lowest BCUT2D eigenvalue weighted by molar-refractivity contribution is 0.244. The van der Waals surface area contributed by atoms with E-state index in [4.69, 9.17) is 9.26 Å². The Balaban J connectivity index is 1.87. The zero-order valence-corrected chi connectivity index (χ0v) is 12.7. The van der Waals surface area contributed by atoms with E-state index >= 15 is 0 Å². The van der Waals surface area contributed by atoms with E-state index in [2.05, 4.69) is 17.4 Å². The van der Waals surface area contributed by atoms with Gasteiger partial charge in [0, 0.05) is 17.5 Å². The highest BCUT2D eigenvalue weighted by Gasteiger charge is 2.06. The van der Waals surface area contributed by atoms with Gasteiger partial charge in [-0.25, -0.2) is 0 Å². The van der Waals surface area contributed by atoms with Crippen LogP contribution in [0.25, 0.3) is 0 Å². The van der Waals surface area contributed by atoms with Gasteiger partial charge in [-0.1, -0.05) is 24.2 Å². The molecule has 1 heterocycles. The van der Waals surface area contributed by atoms with Crippen LogP contribution in [0.3, 0.4) is 0 Å². The second kappa shape index (κ2) is 7.97. The predicted molar refractivity (Wildman–Crippen MR) is 81.1 cm³/mol. The van der Waals surface area contributed by atoms with Crippen LogP contribution < -0.4 is 10.1 Å². The van der Waals surface area contributed by atoms with Gasteiger partial charge < -0.3 is 14.6 Å². The lowest BCUT2D eigenvalue weighted by atomic mass is 10.3. The zero-order valence-electron chi connectivity index (χ0n) is 11.9. The number of nitrogens with zero attached hydrogens (tertiary/aromatic N) is 1. The van der Waals surface area contributed by atoms with Crippen molar-refractivity contribution in [3.63, 3.8) is 0 Å². The molecule has 0 saturated carbocycles. The topological polar surface area (TPSA) is 47.3 Å². The molecule has 5 heteroatoms. The zero-order chi connectivity index (χ0) is 14.2. The molecule has 0 spiro atoms. The van der Waals surface area contributed by atoms with Crippen molar-refractivity contribution in [2.45, 2.75) is 31.4 Å². The monoisotopic (exact) mass is 292 g/mol. The first kappa shape index (κ1) is 14.9. The molecule has 0 fully saturated rings. The molecule has 0 amide bonds. The summed E-state index contributed by atoms with van der Waals surface area (Å²) in [5.74, 6) is 1.62. The van der Waals surface area contributed by atoms with E-state index in [-0.39, 0.29) is 0 Å². The van der Waals surface area contributed by atoms with Crippen molar-refractivity contribution in [2.75, 3.05) is 12.8 Å². The molecule has 2 rings (SSSR count). The Morgan fingerprint density at radius 3 is 3.00 bits per heavy atom. The van der Waals surface area contributed by atoms with E-state index in [0.717, 1.165) is 41.6 Å². The number of benzene rings is 1. The van der Waals surface area contributed by atoms with E-state index in [1.807, 2.05) is 36.6 Å². The molecule has 0 atom stereocenters. The van der Waals surface area contributed by atoms with E-state index < -0.39 is 0 Å². The minimum atomic E-state index is 0.401. The van der Waals surface area contributed by atoms with Crippen molar-refractivity contribution in [1.29, 1.82) is 0 Å². The number of ether oxygens (including phenoxy) is 1. The van der Waals surface area contributed by atoms with Gasteiger partial charge in [-0.15, -0.1) is 11.8 Å². The van der Waals surface area contributed by atoms with Gasteiger partial charge in [-0.2, -0.15) is 0 Å². The minimum absolute atomic E-state index is 0.401. The second-order valence-corrected chi connectivity index (χ2v) is 5.25. The smallest absolute Gasteiger partial charge is 0.174 e. The number of aromatic nitrogens is 1. The van der Waals surface area contributed by atoms with Gasteiger partial charge in [0.15, 0.2) is 5.76 Å². The van der Waals surface area contributed by atoms with E-state index in [1.165, 1.54) is 0 Å². The summed E-state index contributed by atoms with van der Waals surface area (Å²) in [5.41, 5.74) is 0.912. The van der Waals surface area contributed by atoms with Gasteiger partial charge >= 0.3 is 0 Å². The summed E-state index contributed by atoms with van der Waals surface area (Å²) >= 11 is 1.67. The summed E-state index contributed by atoms with van der Waals surface area (Å²) < 4.78 is 11.0. The number of para-hydroxylation sites is 1. The third kappa shape index (κ3) is 4.28. The molecule has 2 aromatic rings. The first-order valence-electron chi connectivity index (χ1n) is 6.74. The predicted octanol–water partition coefficient (Wildman–Crippen LogP) is 3.48. The summed E-state index contributed by atoms with van der Waals surface area (Å²) in [6.07, 6.45) is 3.15. The summed E-state index contributed by atoms with van der Waals surface area (Å²) in [6, 6.07) is 9.91. The van der Waals surface area contributed by atoms with Gasteiger partial charge in [0.05, 0.1) is 5.69 Å². The average Bonchev–Trinajstić information content (AvgIpc) is 2.93. The summed E-state index contributed by atoms with van der Waals surface area (Å²) in [4.78, 5) is 1.12. The van der Waals surface area contributed by atoms with Gasteiger partial charge in [-0.3, -0.25) is 0 Å². The molecule has 0 radical (unpaired) electrons. The highest BCUT2D eigenvalue weighted by molar-refractivity contribution is 7.98. The van der Waals surface area contributed by atoms with Crippen LogP contribution in [0.2, 0.25) is 0 Å². The lowest BCUT2D eigenvalue weighted by Gasteiger charge is -2.07. The van der Waals surface area contributed by atoms with Crippen LogP contribution in [-0.4, -0.2) is 18.0 Å². The van der Waals surface area contributed by atoms with Crippen molar-refractivity contribution in [3.8, 4) is 5.75 Å². The third-order valence-electron chi connectivity index (χ3n) is 2.78. The fourth-order valence-corrected chi connectivity index (χ4v) is 2.33. The molecular formula is C15H20N2O2S. The maximum absolute atomic E-state index is 5.78. The van der Waals surface area contributed by atoms with Crippen LogP contribution in [-0.2, 0) is 13.2 Å². The molecule has 108 valence electrons. The van der Waals surface area contributed by atoms with Crippen molar-refractivity contribution >= 4 is 11.8 Å². The van der Waals surface area contributed by atoms with Crippen molar-refractivity contribution < 1.29 is 9.26 Å². The molecule has 20 heavy (non-hydrogen) atoms. The molecular weight excluding hydrogens is 272 g/mol. The SMILES string of the molecule is CCCNCc1cc(COc2ccccc2SC)on1. The molecule has 1 N–H and O–H groups in total. The first-order chi connectivity index (χ1) is 9.83. The van der Waals surface area contributed by atoms with Crippen molar-refractivity contribution in [3.05, 3.63) is 41.8 Å². The van der Waals surface area contributed by atoms with Crippen LogP contribution >= 0.6 is 11.8 Å². The minimum Gasteiger partial charge on any atom is -0.484 e. The quantitative estimate of drug-likeness (QED) is 0.596. The molecule has 0 aliphatic heterocycles. The van der Waals surface area contributed by atoms with Crippen molar-refractivity contribution in [2.24, 2.45) is 0 Å². The van der Waals surface area contributed by atoms with Crippen LogP contribution in [0.15, 0.2) is 39.8 Å². The highest BCUT2D eigenvalue weighted by Crippen LogP contribution is 2.27. The van der Waals surface area contributed by atoms with Crippen LogP contribution in [0.5, 0.6) is 5.75 Å². The highest BCUT2D eigenvalue weighted by atomic mass is 32.2. The Labute approximate surface area is 123 Å². The second-order valence-electron chi connectivity index (χ2n) is 4.40. The number of nitrogens with one attached hydrogen (secondary N) is 1. The fraction of sp³-hybridized carbons (Fsp3) is 0.400. The Bertz CT molecular complexity index is 528. The van der Waals surface area contributed by atoms with Gasteiger partial charge in [0.25, 0.3) is 0 Å². The standard InChI is InChI=1S/C15H20N2O2S/c1-3-8-16-10-12-9-13(19-17-12)11-18-14-6-4-5-7-15(14)20-2/h4-7,9,16H,3,8,10-11H2,1-2H3. The molecule has 0 bridgehead atoms. The molecule has 1 aromatic heterocycles. The average molecular weight is 292 g/mol. The number of hydrogen-bond acceptors (Lipinski definition) is 5. The van der Waals surface area contributed by atoms with Gasteiger partial charge in [-0.05, 0) is 31.4 Å². The Morgan fingerprint density at radius 2 is 2.20 bits per heavy atom. The molecule has 0 aliphatic carbocycles. The molecule has 0 saturated heterocycles. The van der Waals surface area contributed by atoms with Crippen molar-refractivity contribution in [1.82, 2.24) is 10.5 Å². The summed E-state index contributed by atoms with van der Waals surface area (Å²) in [6.45, 7) is 4.26. The summed E-state index contributed by atoms with van der Waals surface area (Å²) in [5, 5.41) is 7.31. The Hall–Kier alpha value is -1.46. The van der Waals surface area contributed by atoms with Gasteiger partial charge in [0.1, 0.15) is 12.4 Å².